The Bertz CT molecular complexity index is 542. The quantitative estimate of drug-likeness (QED) is 0.844. The summed E-state index contributed by atoms with van der Waals surface area (Å²) in [6, 6.07) is 2.83. The molecule has 0 saturated carbocycles. The number of aromatic nitrogens is 1. The van der Waals surface area contributed by atoms with Crippen LogP contribution in [-0.4, -0.2) is 43.0 Å². The van der Waals surface area contributed by atoms with Crippen LogP contribution in [0, 0.1) is 0 Å². The summed E-state index contributed by atoms with van der Waals surface area (Å²) in [5.74, 6) is 0.196. The van der Waals surface area contributed by atoms with Crippen molar-refractivity contribution in [2.45, 2.75) is 24.3 Å². The molecule has 0 aliphatic carbocycles. The lowest BCUT2D eigenvalue weighted by atomic mass is 10.1. The van der Waals surface area contributed by atoms with Gasteiger partial charge in [0.1, 0.15) is 5.82 Å². The van der Waals surface area contributed by atoms with Crippen LogP contribution in [0.25, 0.3) is 0 Å². The van der Waals surface area contributed by atoms with E-state index in [1.165, 1.54) is 22.6 Å². The van der Waals surface area contributed by atoms with Gasteiger partial charge in [0.25, 0.3) is 0 Å². The molecule has 2 N–H and O–H groups in total. The summed E-state index contributed by atoms with van der Waals surface area (Å²) >= 11 is 0. The maximum atomic E-state index is 12.5. The van der Waals surface area contributed by atoms with E-state index in [1.807, 2.05) is 13.8 Å². The molecule has 1 fully saturated rings. The summed E-state index contributed by atoms with van der Waals surface area (Å²) in [5, 5.41) is 0. The van der Waals surface area contributed by atoms with Crippen molar-refractivity contribution in [1.82, 2.24) is 9.29 Å². The lowest BCUT2D eigenvalue weighted by molar-refractivity contribution is -0.00770. The van der Waals surface area contributed by atoms with Crippen LogP contribution < -0.4 is 5.73 Å². The second-order valence-electron chi connectivity index (χ2n) is 4.86. The molecule has 18 heavy (non-hydrogen) atoms. The van der Waals surface area contributed by atoms with Gasteiger partial charge in [-0.25, -0.2) is 13.4 Å². The Balaban J connectivity index is 2.42. The molecule has 0 aromatic carbocycles. The largest absolute Gasteiger partial charge is 0.384 e. The molecule has 1 aliphatic heterocycles. The fraction of sp³-hybridized carbons (Fsp3) is 0.545. The molecule has 0 spiro atoms. The minimum atomic E-state index is -3.56. The van der Waals surface area contributed by atoms with Gasteiger partial charge in [-0.1, -0.05) is 0 Å². The summed E-state index contributed by atoms with van der Waals surface area (Å²) < 4.78 is 31.9. The van der Waals surface area contributed by atoms with E-state index in [0.29, 0.717) is 19.8 Å². The third-order valence-electron chi connectivity index (χ3n) is 2.91. The highest BCUT2D eigenvalue weighted by atomic mass is 32.2. The van der Waals surface area contributed by atoms with Crippen molar-refractivity contribution in [2.24, 2.45) is 0 Å². The summed E-state index contributed by atoms with van der Waals surface area (Å²) in [7, 11) is -3.56. The minimum Gasteiger partial charge on any atom is -0.384 e. The van der Waals surface area contributed by atoms with E-state index in [-0.39, 0.29) is 10.7 Å². The Labute approximate surface area is 107 Å². The van der Waals surface area contributed by atoms with Gasteiger partial charge in [0.2, 0.25) is 10.0 Å². The van der Waals surface area contributed by atoms with Gasteiger partial charge in [-0.2, -0.15) is 4.31 Å². The molecule has 100 valence electrons. The maximum Gasteiger partial charge on any atom is 0.243 e. The van der Waals surface area contributed by atoms with Gasteiger partial charge >= 0.3 is 0 Å². The number of anilines is 1. The molecule has 1 aromatic heterocycles. The third kappa shape index (κ3) is 2.33. The van der Waals surface area contributed by atoms with Crippen LogP contribution in [0.3, 0.4) is 0 Å². The molecule has 0 amide bonds. The van der Waals surface area contributed by atoms with Crippen molar-refractivity contribution in [3.63, 3.8) is 0 Å². The van der Waals surface area contributed by atoms with Crippen LogP contribution in [0.2, 0.25) is 0 Å². The number of sulfonamides is 1. The Kier molecular flexibility index (Phi) is 3.31. The lowest BCUT2D eigenvalue weighted by Crippen LogP contribution is -2.55. The standard InChI is InChI=1S/C11H17N3O3S/c1-11(2)8-17-6-5-14(11)18(15,16)9-3-4-13-10(12)7-9/h3-4,7H,5-6,8H2,1-2H3,(H2,12,13). The van der Waals surface area contributed by atoms with E-state index in [0.717, 1.165) is 0 Å². The van der Waals surface area contributed by atoms with Gasteiger partial charge in [-0.05, 0) is 19.9 Å². The zero-order valence-corrected chi connectivity index (χ0v) is 11.3. The Hall–Kier alpha value is -1.18. The van der Waals surface area contributed by atoms with E-state index >= 15 is 0 Å². The lowest BCUT2D eigenvalue weighted by Gasteiger charge is -2.40. The molecule has 1 saturated heterocycles. The van der Waals surface area contributed by atoms with Crippen molar-refractivity contribution in [3.8, 4) is 0 Å². The molecule has 2 heterocycles. The Morgan fingerprint density at radius 2 is 2.22 bits per heavy atom. The van der Waals surface area contributed by atoms with E-state index < -0.39 is 15.6 Å². The molecule has 6 nitrogen and oxygen atoms in total. The molecule has 2 rings (SSSR count). The predicted octanol–water partition coefficient (Wildman–Crippen LogP) is 0.463. The maximum absolute atomic E-state index is 12.5. The Morgan fingerprint density at radius 3 is 2.83 bits per heavy atom. The number of nitrogens with zero attached hydrogens (tertiary/aromatic N) is 2. The molecule has 1 aromatic rings. The smallest absolute Gasteiger partial charge is 0.243 e. The van der Waals surface area contributed by atoms with E-state index in [4.69, 9.17) is 10.5 Å². The first kappa shape index (κ1) is 13.3. The number of hydrogen-bond donors (Lipinski definition) is 1. The van der Waals surface area contributed by atoms with Crippen molar-refractivity contribution in [2.75, 3.05) is 25.5 Å². The van der Waals surface area contributed by atoms with Crippen LogP contribution in [0.4, 0.5) is 5.82 Å². The summed E-state index contributed by atoms with van der Waals surface area (Å²) in [4.78, 5) is 3.98. The SMILES string of the molecule is CC1(C)COCCN1S(=O)(=O)c1ccnc(N)c1. The predicted molar refractivity (Wildman–Crippen MR) is 67.4 cm³/mol. The normalized spacial score (nSPS) is 20.8. The summed E-state index contributed by atoms with van der Waals surface area (Å²) in [6.45, 7) is 4.82. The van der Waals surface area contributed by atoms with Gasteiger partial charge in [0.15, 0.2) is 0 Å². The van der Waals surface area contributed by atoms with Crippen LogP contribution in [-0.2, 0) is 14.8 Å². The van der Waals surface area contributed by atoms with Gasteiger partial charge in [-0.15, -0.1) is 0 Å². The number of hydrogen-bond acceptors (Lipinski definition) is 5. The number of morpholine rings is 1. The number of nitrogen functional groups attached to an aromatic ring is 1. The minimum absolute atomic E-state index is 0.171. The van der Waals surface area contributed by atoms with Crippen LogP contribution in [0.1, 0.15) is 13.8 Å². The van der Waals surface area contributed by atoms with Crippen molar-refractivity contribution in [1.29, 1.82) is 0 Å². The van der Waals surface area contributed by atoms with Crippen molar-refractivity contribution < 1.29 is 13.2 Å². The molecule has 0 radical (unpaired) electrons. The summed E-state index contributed by atoms with van der Waals surface area (Å²) in [5.41, 5.74) is 4.97. The molecular formula is C11H17N3O3S. The number of pyridine rings is 1. The third-order valence-corrected chi connectivity index (χ3v) is 5.02. The topological polar surface area (TPSA) is 85.5 Å². The average molecular weight is 271 g/mol. The molecular weight excluding hydrogens is 254 g/mol. The van der Waals surface area contributed by atoms with Crippen molar-refractivity contribution >= 4 is 15.8 Å². The van der Waals surface area contributed by atoms with Crippen LogP contribution in [0.5, 0.6) is 0 Å². The fourth-order valence-electron chi connectivity index (χ4n) is 2.01. The van der Waals surface area contributed by atoms with E-state index in [9.17, 15) is 8.42 Å². The van der Waals surface area contributed by atoms with Gasteiger partial charge < -0.3 is 10.5 Å². The second kappa shape index (κ2) is 4.49. The first-order chi connectivity index (χ1) is 8.34. The van der Waals surface area contributed by atoms with Gasteiger partial charge in [0, 0.05) is 18.8 Å². The molecule has 0 unspecified atom stereocenters. The fourth-order valence-corrected chi connectivity index (χ4v) is 3.78. The highest BCUT2D eigenvalue weighted by Gasteiger charge is 2.39. The van der Waals surface area contributed by atoms with Crippen molar-refractivity contribution in [3.05, 3.63) is 18.3 Å². The van der Waals surface area contributed by atoms with Gasteiger partial charge in [0.05, 0.1) is 23.6 Å². The molecule has 7 heteroatoms. The Morgan fingerprint density at radius 1 is 1.50 bits per heavy atom. The number of nitrogens with two attached hydrogens (primary N) is 1. The van der Waals surface area contributed by atoms with Gasteiger partial charge in [-0.3, -0.25) is 0 Å². The average Bonchev–Trinajstić information content (AvgIpc) is 2.28. The first-order valence-electron chi connectivity index (χ1n) is 5.66. The number of ether oxygens (including phenoxy) is 1. The monoisotopic (exact) mass is 271 g/mol. The molecule has 1 aliphatic rings. The summed E-state index contributed by atoms with van der Waals surface area (Å²) in [6.07, 6.45) is 1.40. The molecule has 0 bridgehead atoms. The van der Waals surface area contributed by atoms with Crippen LogP contribution >= 0.6 is 0 Å². The van der Waals surface area contributed by atoms with Crippen LogP contribution in [0.15, 0.2) is 23.2 Å². The second-order valence-corrected chi connectivity index (χ2v) is 6.72. The first-order valence-corrected chi connectivity index (χ1v) is 7.10. The molecule has 0 atom stereocenters. The number of rotatable bonds is 2. The zero-order valence-electron chi connectivity index (χ0n) is 10.5. The zero-order chi connectivity index (χ0) is 13.4. The highest BCUT2D eigenvalue weighted by molar-refractivity contribution is 7.89. The van der Waals surface area contributed by atoms with E-state index in [1.54, 1.807) is 0 Å². The highest BCUT2D eigenvalue weighted by Crippen LogP contribution is 2.27. The van der Waals surface area contributed by atoms with E-state index in [2.05, 4.69) is 4.98 Å².